The van der Waals surface area contributed by atoms with Gasteiger partial charge in [0, 0.05) is 30.5 Å². The maximum atomic E-state index is 14.8. The monoisotopic (exact) mass is 590 g/mol. The molecule has 1 N–H and O–H groups in total. The molecule has 1 fully saturated rings. The van der Waals surface area contributed by atoms with Crippen molar-refractivity contribution in [2.24, 2.45) is 0 Å². The van der Waals surface area contributed by atoms with Crippen LogP contribution in [0, 0.1) is 5.82 Å². The van der Waals surface area contributed by atoms with Crippen LogP contribution < -0.4 is 9.47 Å². The van der Waals surface area contributed by atoms with Crippen LogP contribution in [-0.4, -0.2) is 33.3 Å². The van der Waals surface area contributed by atoms with Crippen molar-refractivity contribution in [1.29, 1.82) is 0 Å². The summed E-state index contributed by atoms with van der Waals surface area (Å²) in [6, 6.07) is 19.9. The average molecular weight is 591 g/mol. The molecular weight excluding hydrogens is 567 g/mol. The quantitative estimate of drug-likeness (QED) is 0.214. The molecule has 4 heterocycles. The Hall–Kier alpha value is -3.92. The third-order valence-electron chi connectivity index (χ3n) is 7.54. The first-order valence-corrected chi connectivity index (χ1v) is 14.4. The lowest BCUT2D eigenvalue weighted by Gasteiger charge is -2.27. The van der Waals surface area contributed by atoms with Crippen LogP contribution >= 0.6 is 22.9 Å². The van der Waals surface area contributed by atoms with Crippen molar-refractivity contribution in [3.8, 4) is 22.6 Å². The van der Waals surface area contributed by atoms with E-state index in [9.17, 15) is 14.3 Å². The molecule has 2 aromatic heterocycles. The Balaban J connectivity index is 1.16. The summed E-state index contributed by atoms with van der Waals surface area (Å²) in [4.78, 5) is 17.3. The number of aromatic nitrogens is 2. The van der Waals surface area contributed by atoms with E-state index in [1.807, 2.05) is 36.4 Å². The molecule has 41 heavy (non-hydrogen) atoms. The molecule has 10 heteroatoms. The second-order valence-electron chi connectivity index (χ2n) is 10.3. The Labute approximate surface area is 243 Å². The number of thiophene rings is 1. The molecule has 2 aliphatic heterocycles. The van der Waals surface area contributed by atoms with Crippen LogP contribution in [0.2, 0.25) is 5.02 Å². The van der Waals surface area contributed by atoms with Crippen LogP contribution in [0.15, 0.2) is 66.7 Å². The van der Waals surface area contributed by atoms with E-state index in [4.69, 9.17) is 30.8 Å². The van der Waals surface area contributed by atoms with E-state index in [2.05, 4.69) is 4.57 Å². The zero-order chi connectivity index (χ0) is 28.3. The Morgan fingerprint density at radius 3 is 2.68 bits per heavy atom. The van der Waals surface area contributed by atoms with Gasteiger partial charge in [-0.3, -0.25) is 0 Å². The number of ether oxygens (including phenoxy) is 3. The largest absolute Gasteiger partial charge is 0.477 e. The summed E-state index contributed by atoms with van der Waals surface area (Å²) < 4.78 is 34.9. The number of carbonyl (C=O) groups is 1. The zero-order valence-corrected chi connectivity index (χ0v) is 23.5. The number of fused-ring (bicyclic) bond motifs is 2. The maximum absolute atomic E-state index is 14.8. The number of halogens is 2. The summed E-state index contributed by atoms with van der Waals surface area (Å²) in [5, 5.41) is 9.74. The van der Waals surface area contributed by atoms with Gasteiger partial charge in [0.25, 0.3) is 5.79 Å². The van der Waals surface area contributed by atoms with E-state index < -0.39 is 17.6 Å². The van der Waals surface area contributed by atoms with E-state index in [-0.39, 0.29) is 16.5 Å². The fourth-order valence-electron chi connectivity index (χ4n) is 5.34. The van der Waals surface area contributed by atoms with Crippen LogP contribution in [0.1, 0.15) is 40.0 Å². The second-order valence-corrected chi connectivity index (χ2v) is 11.8. The van der Waals surface area contributed by atoms with Crippen LogP contribution in [-0.2, 0) is 23.5 Å². The van der Waals surface area contributed by atoms with Gasteiger partial charge in [0.05, 0.1) is 23.7 Å². The number of carboxylic acid groups (broad SMARTS) is 1. The molecule has 3 aromatic carbocycles. The SMILES string of the molecule is C[C@]1(c2ccc(Cl)cc2F)Oc2cccc(-c3ccc(Cc4nc5sc(C(=O)O)cc5n4C[C@@H]4CCO4)cc3)c2O1. The van der Waals surface area contributed by atoms with Gasteiger partial charge in [0.2, 0.25) is 0 Å². The maximum Gasteiger partial charge on any atom is 0.346 e. The summed E-state index contributed by atoms with van der Waals surface area (Å²) in [6.07, 6.45) is 1.66. The molecule has 7 nitrogen and oxygen atoms in total. The standard InChI is InChI=1S/C31H24ClFN2O5S/c1-31(22-10-9-19(32)14-23(22)33)39-25-4-2-3-21(28(25)40-31)18-7-5-17(6-8-18)13-27-34-29-24(15-26(41-29)30(36)37)35(27)16-20-11-12-38-20/h2-10,14-15,20H,11-13,16H2,1H3,(H,36,37)/t20-,31-/m0/s1. The third kappa shape index (κ3) is 4.64. The molecule has 0 bridgehead atoms. The van der Waals surface area contributed by atoms with E-state index >= 15 is 0 Å². The molecule has 208 valence electrons. The van der Waals surface area contributed by atoms with E-state index in [0.29, 0.717) is 34.3 Å². The normalized spacial score (nSPS) is 19.4. The Morgan fingerprint density at radius 2 is 1.98 bits per heavy atom. The summed E-state index contributed by atoms with van der Waals surface area (Å²) in [5.74, 6) is -0.838. The van der Waals surface area contributed by atoms with Gasteiger partial charge >= 0.3 is 5.97 Å². The highest BCUT2D eigenvalue weighted by Crippen LogP contribution is 2.49. The van der Waals surface area contributed by atoms with Crippen molar-refractivity contribution < 1.29 is 28.5 Å². The van der Waals surface area contributed by atoms with Crippen molar-refractivity contribution in [2.75, 3.05) is 6.61 Å². The highest BCUT2D eigenvalue weighted by Gasteiger charge is 2.42. The summed E-state index contributed by atoms with van der Waals surface area (Å²) >= 11 is 7.13. The number of para-hydroxylation sites is 1. The minimum absolute atomic E-state index is 0.108. The van der Waals surface area contributed by atoms with Gasteiger partial charge in [0.1, 0.15) is 21.3 Å². The predicted octanol–water partition coefficient (Wildman–Crippen LogP) is 7.28. The molecule has 0 unspecified atom stereocenters. The lowest BCUT2D eigenvalue weighted by atomic mass is 10.0. The number of hydrogen-bond donors (Lipinski definition) is 1. The molecule has 2 aliphatic rings. The Morgan fingerprint density at radius 1 is 1.17 bits per heavy atom. The van der Waals surface area contributed by atoms with Gasteiger partial charge in [-0.1, -0.05) is 48.0 Å². The molecular formula is C31H24ClFN2O5S. The number of carboxylic acids is 1. The zero-order valence-electron chi connectivity index (χ0n) is 21.9. The summed E-state index contributed by atoms with van der Waals surface area (Å²) in [5.41, 5.74) is 3.90. The molecule has 5 aromatic rings. The van der Waals surface area contributed by atoms with E-state index in [1.165, 1.54) is 17.4 Å². The highest BCUT2D eigenvalue weighted by atomic mass is 35.5. The van der Waals surface area contributed by atoms with Crippen LogP contribution in [0.25, 0.3) is 21.5 Å². The third-order valence-corrected chi connectivity index (χ3v) is 8.79. The summed E-state index contributed by atoms with van der Waals surface area (Å²) in [7, 11) is 0. The fourth-order valence-corrected chi connectivity index (χ4v) is 6.39. The molecule has 0 aliphatic carbocycles. The van der Waals surface area contributed by atoms with Crippen LogP contribution in [0.4, 0.5) is 4.39 Å². The molecule has 0 radical (unpaired) electrons. The average Bonchev–Trinajstić information content (AvgIpc) is 3.57. The van der Waals surface area contributed by atoms with E-state index in [1.54, 1.807) is 31.2 Å². The van der Waals surface area contributed by atoms with Gasteiger partial charge in [0.15, 0.2) is 11.5 Å². The molecule has 0 spiro atoms. The fraction of sp³-hybridized carbons (Fsp3) is 0.226. The lowest BCUT2D eigenvalue weighted by Crippen LogP contribution is -2.32. The number of hydrogen-bond acceptors (Lipinski definition) is 6. The minimum Gasteiger partial charge on any atom is -0.477 e. The first-order valence-electron chi connectivity index (χ1n) is 13.2. The van der Waals surface area contributed by atoms with Crippen molar-refractivity contribution in [2.45, 2.75) is 38.2 Å². The van der Waals surface area contributed by atoms with Crippen molar-refractivity contribution in [3.05, 3.63) is 99.4 Å². The van der Waals surface area contributed by atoms with Crippen molar-refractivity contribution in [3.63, 3.8) is 0 Å². The number of aromatic carboxylic acids is 1. The van der Waals surface area contributed by atoms with Crippen LogP contribution in [0.5, 0.6) is 11.5 Å². The Kier molecular flexibility index (Phi) is 6.26. The first kappa shape index (κ1) is 26.0. The van der Waals surface area contributed by atoms with Gasteiger partial charge in [-0.25, -0.2) is 14.2 Å². The molecule has 1 saturated heterocycles. The molecule has 0 saturated carbocycles. The molecule has 2 atom stereocenters. The molecule has 7 rings (SSSR count). The molecule has 0 amide bonds. The number of imidazole rings is 1. The second kappa shape index (κ2) is 9.87. The van der Waals surface area contributed by atoms with Gasteiger partial charge in [-0.15, -0.1) is 11.3 Å². The minimum atomic E-state index is -1.33. The number of rotatable bonds is 7. The van der Waals surface area contributed by atoms with Gasteiger partial charge in [-0.2, -0.15) is 0 Å². The van der Waals surface area contributed by atoms with Crippen molar-refractivity contribution >= 4 is 39.3 Å². The Bertz CT molecular complexity index is 1810. The van der Waals surface area contributed by atoms with Crippen LogP contribution in [0.3, 0.4) is 0 Å². The number of benzene rings is 3. The van der Waals surface area contributed by atoms with Crippen molar-refractivity contribution in [1.82, 2.24) is 9.55 Å². The van der Waals surface area contributed by atoms with Gasteiger partial charge < -0.3 is 23.9 Å². The topological polar surface area (TPSA) is 82.8 Å². The first-order chi connectivity index (χ1) is 19.8. The highest BCUT2D eigenvalue weighted by molar-refractivity contribution is 7.20. The van der Waals surface area contributed by atoms with Gasteiger partial charge in [-0.05, 0) is 47.9 Å². The lowest BCUT2D eigenvalue weighted by molar-refractivity contribution is -0.0705. The predicted molar refractivity (Wildman–Crippen MR) is 154 cm³/mol. The summed E-state index contributed by atoms with van der Waals surface area (Å²) in [6.45, 7) is 3.07. The number of nitrogens with zero attached hydrogens (tertiary/aromatic N) is 2. The van der Waals surface area contributed by atoms with E-state index in [0.717, 1.165) is 41.1 Å². The smallest absolute Gasteiger partial charge is 0.346 e.